The Hall–Kier alpha value is -3.73. The highest BCUT2D eigenvalue weighted by molar-refractivity contribution is 7.17. The lowest BCUT2D eigenvalue weighted by molar-refractivity contribution is 0.0701. The molecule has 8 nitrogen and oxygen atoms in total. The summed E-state index contributed by atoms with van der Waals surface area (Å²) >= 11 is 1.03. The number of benzene rings is 2. The van der Waals surface area contributed by atoms with Crippen molar-refractivity contribution in [1.82, 2.24) is 25.2 Å². The second-order valence-electron chi connectivity index (χ2n) is 6.25. The number of hydrogen-bond acceptors (Lipinski definition) is 7. The molecule has 0 saturated carbocycles. The summed E-state index contributed by atoms with van der Waals surface area (Å²) in [5, 5.41) is 21.1. The first-order chi connectivity index (χ1) is 14.3. The van der Waals surface area contributed by atoms with E-state index in [4.69, 9.17) is 4.74 Å². The molecule has 0 fully saturated rings. The summed E-state index contributed by atoms with van der Waals surface area (Å²) in [6, 6.07) is 7.73. The predicted molar refractivity (Wildman–Crippen MR) is 103 cm³/mol. The van der Waals surface area contributed by atoms with Gasteiger partial charge in [-0.25, -0.2) is 23.2 Å². The smallest absolute Gasteiger partial charge is 0.347 e. The highest BCUT2D eigenvalue weighted by Gasteiger charge is 2.20. The van der Waals surface area contributed by atoms with Crippen LogP contribution < -0.4 is 4.74 Å². The van der Waals surface area contributed by atoms with Gasteiger partial charge in [0.25, 0.3) is 0 Å². The molecule has 2 heterocycles. The Morgan fingerprint density at radius 1 is 1.17 bits per heavy atom. The van der Waals surface area contributed by atoms with Crippen molar-refractivity contribution in [1.29, 1.82) is 0 Å². The third-order valence-corrected chi connectivity index (χ3v) is 5.39. The topological polar surface area (TPSA) is 103 Å². The molecule has 2 aromatic carbocycles. The highest BCUT2D eigenvalue weighted by atomic mass is 32.1. The lowest BCUT2D eigenvalue weighted by Gasteiger charge is -2.12. The molecule has 0 aliphatic rings. The molecule has 0 spiro atoms. The van der Waals surface area contributed by atoms with Gasteiger partial charge in [-0.2, -0.15) is 0 Å². The van der Waals surface area contributed by atoms with E-state index in [9.17, 15) is 18.7 Å². The molecule has 152 valence electrons. The van der Waals surface area contributed by atoms with Crippen LogP contribution in [0.5, 0.6) is 11.5 Å². The Morgan fingerprint density at radius 2 is 1.97 bits per heavy atom. The number of aryl methyl sites for hydroxylation is 2. The number of hydrogen-bond donors (Lipinski definition) is 1. The van der Waals surface area contributed by atoms with Crippen LogP contribution in [0.4, 0.5) is 8.78 Å². The quantitative estimate of drug-likeness (QED) is 0.510. The molecule has 11 heteroatoms. The molecule has 0 amide bonds. The van der Waals surface area contributed by atoms with Crippen LogP contribution in [0.25, 0.3) is 22.0 Å². The van der Waals surface area contributed by atoms with E-state index in [-0.39, 0.29) is 16.4 Å². The number of carbonyl (C=O) groups is 1. The summed E-state index contributed by atoms with van der Waals surface area (Å²) in [6.45, 7) is 1.61. The fourth-order valence-corrected chi connectivity index (χ4v) is 3.68. The summed E-state index contributed by atoms with van der Waals surface area (Å²) in [5.74, 6) is -2.23. The largest absolute Gasteiger partial charge is 0.477 e. The molecule has 0 atom stereocenters. The van der Waals surface area contributed by atoms with Crippen LogP contribution >= 0.6 is 11.3 Å². The van der Waals surface area contributed by atoms with Crippen LogP contribution in [0.1, 0.15) is 15.4 Å². The average molecular weight is 429 g/mol. The van der Waals surface area contributed by atoms with Crippen molar-refractivity contribution >= 4 is 17.3 Å². The maximum absolute atomic E-state index is 14.1. The number of thiazole rings is 1. The van der Waals surface area contributed by atoms with Gasteiger partial charge in [-0.3, -0.25) is 0 Å². The second-order valence-corrected chi connectivity index (χ2v) is 7.25. The molecule has 0 aliphatic heterocycles. The average Bonchev–Trinajstić information content (AvgIpc) is 3.30. The number of aromatic nitrogens is 5. The van der Waals surface area contributed by atoms with Gasteiger partial charge in [0.2, 0.25) is 0 Å². The van der Waals surface area contributed by atoms with E-state index in [0.717, 1.165) is 29.5 Å². The number of carboxylic acid groups (broad SMARTS) is 1. The maximum Gasteiger partial charge on any atom is 0.347 e. The van der Waals surface area contributed by atoms with Crippen LogP contribution in [0.15, 0.2) is 36.4 Å². The third-order valence-electron chi connectivity index (χ3n) is 4.19. The Bertz CT molecular complexity index is 1270. The Morgan fingerprint density at radius 3 is 2.63 bits per heavy atom. The lowest BCUT2D eigenvalue weighted by Crippen LogP contribution is -1.98. The van der Waals surface area contributed by atoms with Crippen molar-refractivity contribution in [3.63, 3.8) is 0 Å². The molecule has 1 N–H and O–H groups in total. The SMILES string of the molecule is Cc1nc(-c2ccc(Oc3cc(F)ccc3F)c(-c3nnnn3C)c2)sc1C(=O)O. The minimum atomic E-state index is -1.06. The molecule has 4 aromatic rings. The predicted octanol–water partition coefficient (Wildman–Crippen LogP) is 4.08. The number of aromatic carboxylic acids is 1. The fourth-order valence-electron chi connectivity index (χ4n) is 2.78. The van der Waals surface area contributed by atoms with Gasteiger partial charge in [0.1, 0.15) is 21.5 Å². The summed E-state index contributed by atoms with van der Waals surface area (Å²) in [6.07, 6.45) is 0. The zero-order chi connectivity index (χ0) is 21.4. The molecule has 0 bridgehead atoms. The zero-order valence-corrected chi connectivity index (χ0v) is 16.4. The van der Waals surface area contributed by atoms with E-state index in [2.05, 4.69) is 20.5 Å². The number of tetrazole rings is 1. The van der Waals surface area contributed by atoms with Gasteiger partial charge in [-0.05, 0) is 47.7 Å². The van der Waals surface area contributed by atoms with Gasteiger partial charge in [-0.1, -0.05) is 0 Å². The number of carboxylic acids is 1. The third kappa shape index (κ3) is 3.62. The highest BCUT2D eigenvalue weighted by Crippen LogP contribution is 2.38. The van der Waals surface area contributed by atoms with Gasteiger partial charge in [0.05, 0.1) is 11.3 Å². The van der Waals surface area contributed by atoms with Gasteiger partial charge >= 0.3 is 5.97 Å². The number of ether oxygens (including phenoxy) is 1. The van der Waals surface area contributed by atoms with Crippen LogP contribution in [-0.4, -0.2) is 36.3 Å². The number of rotatable bonds is 5. The molecule has 0 aliphatic carbocycles. The monoisotopic (exact) mass is 429 g/mol. The molecule has 0 radical (unpaired) electrons. The second kappa shape index (κ2) is 7.59. The lowest BCUT2D eigenvalue weighted by atomic mass is 10.1. The summed E-state index contributed by atoms with van der Waals surface area (Å²) in [5.41, 5.74) is 1.39. The Labute approximate surface area is 172 Å². The first-order valence-electron chi connectivity index (χ1n) is 8.54. The molecule has 2 aromatic heterocycles. The van der Waals surface area contributed by atoms with Crippen LogP contribution in [0.3, 0.4) is 0 Å². The van der Waals surface area contributed by atoms with E-state index in [1.54, 1.807) is 32.2 Å². The van der Waals surface area contributed by atoms with Crippen molar-refractivity contribution in [2.24, 2.45) is 7.05 Å². The van der Waals surface area contributed by atoms with E-state index < -0.39 is 17.6 Å². The standard InChI is InChI=1S/C19H13F2N5O3S/c1-9-16(19(27)28)30-18(22-9)10-3-6-14(12(7-10)17-23-24-25-26(17)2)29-15-8-11(20)4-5-13(15)21/h3-8H,1-2H3,(H,27,28). The van der Waals surface area contributed by atoms with Crippen molar-refractivity contribution in [2.75, 3.05) is 0 Å². The molecular weight excluding hydrogens is 416 g/mol. The molecular formula is C19H13F2N5O3S. The number of nitrogens with zero attached hydrogens (tertiary/aromatic N) is 5. The summed E-state index contributed by atoms with van der Waals surface area (Å²) in [4.78, 5) is 15.8. The molecule has 0 unspecified atom stereocenters. The molecule has 30 heavy (non-hydrogen) atoms. The van der Waals surface area contributed by atoms with E-state index in [1.165, 1.54) is 4.68 Å². The minimum Gasteiger partial charge on any atom is -0.477 e. The van der Waals surface area contributed by atoms with Crippen LogP contribution in [-0.2, 0) is 7.05 Å². The van der Waals surface area contributed by atoms with E-state index >= 15 is 0 Å². The van der Waals surface area contributed by atoms with Gasteiger partial charge in [-0.15, -0.1) is 16.4 Å². The van der Waals surface area contributed by atoms with Crippen molar-refractivity contribution < 1.29 is 23.4 Å². The molecule has 4 rings (SSSR count). The van der Waals surface area contributed by atoms with Crippen molar-refractivity contribution in [3.8, 4) is 33.5 Å². The fraction of sp³-hybridized carbons (Fsp3) is 0.105. The number of halogens is 2. The van der Waals surface area contributed by atoms with E-state index in [0.29, 0.717) is 27.7 Å². The van der Waals surface area contributed by atoms with Gasteiger partial charge in [0, 0.05) is 18.7 Å². The van der Waals surface area contributed by atoms with Crippen LogP contribution in [0.2, 0.25) is 0 Å². The Balaban J connectivity index is 1.83. The Kier molecular flexibility index (Phi) is 4.96. The normalized spacial score (nSPS) is 10.9. The zero-order valence-electron chi connectivity index (χ0n) is 15.6. The van der Waals surface area contributed by atoms with E-state index in [1.807, 2.05) is 0 Å². The maximum atomic E-state index is 14.1. The van der Waals surface area contributed by atoms with Crippen molar-refractivity contribution in [2.45, 2.75) is 6.92 Å². The van der Waals surface area contributed by atoms with Crippen molar-refractivity contribution in [3.05, 3.63) is 58.6 Å². The van der Waals surface area contributed by atoms with Crippen LogP contribution in [0, 0.1) is 18.6 Å². The summed E-state index contributed by atoms with van der Waals surface area (Å²) in [7, 11) is 1.62. The minimum absolute atomic E-state index is 0.133. The first kappa shape index (κ1) is 19.6. The van der Waals surface area contributed by atoms with Gasteiger partial charge < -0.3 is 9.84 Å². The summed E-state index contributed by atoms with van der Waals surface area (Å²) < 4.78 is 34.6. The first-order valence-corrected chi connectivity index (χ1v) is 9.36. The molecule has 0 saturated heterocycles. The van der Waals surface area contributed by atoms with Gasteiger partial charge in [0.15, 0.2) is 17.4 Å².